The predicted molar refractivity (Wildman–Crippen MR) is 68.9 cm³/mol. The van der Waals surface area contributed by atoms with Gasteiger partial charge in [0.05, 0.1) is 17.3 Å². The molecular weight excluding hydrogens is 220 g/mol. The van der Waals surface area contributed by atoms with Gasteiger partial charge in [-0.15, -0.1) is 0 Å². The summed E-state index contributed by atoms with van der Waals surface area (Å²) in [7, 11) is 2.04. The van der Waals surface area contributed by atoms with Crippen LogP contribution in [0.4, 0.5) is 5.69 Å². The van der Waals surface area contributed by atoms with Gasteiger partial charge in [0, 0.05) is 18.9 Å². The summed E-state index contributed by atoms with van der Waals surface area (Å²) in [5.41, 5.74) is 3.42. The van der Waals surface area contributed by atoms with E-state index in [-0.39, 0.29) is 0 Å². The van der Waals surface area contributed by atoms with Crippen molar-refractivity contribution < 1.29 is 0 Å². The van der Waals surface area contributed by atoms with E-state index in [4.69, 9.17) is 11.6 Å². The Labute approximate surface area is 101 Å². The van der Waals surface area contributed by atoms with Gasteiger partial charge in [-0.25, -0.2) is 0 Å². The second-order valence-electron chi connectivity index (χ2n) is 3.90. The first-order chi connectivity index (χ1) is 7.68. The maximum absolute atomic E-state index is 6.14. The lowest BCUT2D eigenvalue weighted by Crippen LogP contribution is -2.05. The zero-order valence-corrected chi connectivity index (χ0v) is 10.3. The molecule has 0 radical (unpaired) electrons. The van der Waals surface area contributed by atoms with E-state index in [0.29, 0.717) is 0 Å². The van der Waals surface area contributed by atoms with Gasteiger partial charge in [-0.2, -0.15) is 0 Å². The molecule has 0 aliphatic rings. The van der Waals surface area contributed by atoms with Crippen molar-refractivity contribution in [3.63, 3.8) is 0 Å². The van der Waals surface area contributed by atoms with Gasteiger partial charge >= 0.3 is 0 Å². The molecule has 1 aromatic carbocycles. The number of anilines is 1. The minimum atomic E-state index is 0.772. The Hall–Kier alpha value is -1.41. The Balaban J connectivity index is 2.14. The van der Waals surface area contributed by atoms with Crippen LogP contribution in [0, 0.1) is 6.92 Å². The highest BCUT2D eigenvalue weighted by atomic mass is 35.5. The molecule has 0 amide bonds. The zero-order valence-electron chi connectivity index (χ0n) is 9.50. The number of halogens is 1. The van der Waals surface area contributed by atoms with E-state index in [2.05, 4.69) is 28.9 Å². The Morgan fingerprint density at radius 1 is 1.25 bits per heavy atom. The van der Waals surface area contributed by atoms with Crippen molar-refractivity contribution >= 4 is 17.3 Å². The lowest BCUT2D eigenvalue weighted by Gasteiger charge is -2.11. The van der Waals surface area contributed by atoms with Crippen molar-refractivity contribution in [3.05, 3.63) is 52.8 Å². The fourth-order valence-corrected chi connectivity index (χ4v) is 2.00. The number of nitrogens with one attached hydrogen (secondary N) is 1. The van der Waals surface area contributed by atoms with Crippen molar-refractivity contribution in [2.45, 2.75) is 13.5 Å². The monoisotopic (exact) mass is 234 g/mol. The van der Waals surface area contributed by atoms with Crippen molar-refractivity contribution in [1.82, 2.24) is 4.57 Å². The first-order valence-electron chi connectivity index (χ1n) is 5.27. The van der Waals surface area contributed by atoms with Crippen molar-refractivity contribution in [2.75, 3.05) is 5.32 Å². The number of hydrogen-bond donors (Lipinski definition) is 1. The Morgan fingerprint density at radius 3 is 2.69 bits per heavy atom. The summed E-state index contributed by atoms with van der Waals surface area (Å²) in [5.74, 6) is 0. The summed E-state index contributed by atoms with van der Waals surface area (Å²) < 4.78 is 2.10. The molecule has 0 fully saturated rings. The second-order valence-corrected chi connectivity index (χ2v) is 4.30. The molecule has 0 aliphatic carbocycles. The highest BCUT2D eigenvalue weighted by Crippen LogP contribution is 2.25. The van der Waals surface area contributed by atoms with Crippen LogP contribution in [0.5, 0.6) is 0 Å². The van der Waals surface area contributed by atoms with E-state index >= 15 is 0 Å². The van der Waals surface area contributed by atoms with Crippen LogP contribution in [0.3, 0.4) is 0 Å². The van der Waals surface area contributed by atoms with Gasteiger partial charge < -0.3 is 9.88 Å². The fraction of sp³-hybridized carbons (Fsp3) is 0.231. The number of benzene rings is 1. The van der Waals surface area contributed by atoms with Crippen LogP contribution in [-0.2, 0) is 13.6 Å². The van der Waals surface area contributed by atoms with Crippen LogP contribution in [-0.4, -0.2) is 4.57 Å². The molecule has 2 nitrogen and oxygen atoms in total. The van der Waals surface area contributed by atoms with Crippen LogP contribution in [0.2, 0.25) is 5.02 Å². The molecule has 1 aromatic heterocycles. The predicted octanol–water partition coefficient (Wildman–Crippen LogP) is 3.60. The van der Waals surface area contributed by atoms with Crippen LogP contribution < -0.4 is 5.32 Å². The Kier molecular flexibility index (Phi) is 3.20. The minimum Gasteiger partial charge on any atom is -0.378 e. The highest BCUT2D eigenvalue weighted by Gasteiger charge is 2.03. The topological polar surface area (TPSA) is 17.0 Å². The first-order valence-corrected chi connectivity index (χ1v) is 5.65. The summed E-state index contributed by atoms with van der Waals surface area (Å²) in [6.45, 7) is 2.84. The third kappa shape index (κ3) is 2.22. The van der Waals surface area contributed by atoms with Gasteiger partial charge in [0.25, 0.3) is 0 Å². The molecule has 16 heavy (non-hydrogen) atoms. The molecule has 2 aromatic rings. The van der Waals surface area contributed by atoms with Crippen LogP contribution in [0.15, 0.2) is 36.5 Å². The molecule has 0 atom stereocenters. The summed E-state index contributed by atoms with van der Waals surface area (Å²) in [4.78, 5) is 0. The number of aromatic nitrogens is 1. The van der Waals surface area contributed by atoms with Crippen LogP contribution >= 0.6 is 11.6 Å². The van der Waals surface area contributed by atoms with E-state index < -0.39 is 0 Å². The van der Waals surface area contributed by atoms with Crippen LogP contribution in [0.1, 0.15) is 11.3 Å². The summed E-state index contributed by atoms with van der Waals surface area (Å²) in [6, 6.07) is 10.1. The van der Waals surface area contributed by atoms with Crippen LogP contribution in [0.25, 0.3) is 0 Å². The smallest absolute Gasteiger partial charge is 0.0640 e. The zero-order chi connectivity index (χ0) is 11.5. The number of para-hydroxylation sites is 1. The number of rotatable bonds is 3. The minimum absolute atomic E-state index is 0.772. The molecule has 0 bridgehead atoms. The Morgan fingerprint density at radius 2 is 2.06 bits per heavy atom. The van der Waals surface area contributed by atoms with Gasteiger partial charge in [0.2, 0.25) is 0 Å². The molecule has 0 saturated heterocycles. The standard InChI is InChI=1S/C13H15ClN2/c1-10-5-3-7-12(14)13(10)15-9-11-6-4-8-16(11)2/h3-8,15H,9H2,1-2H3. The molecule has 3 heteroatoms. The normalized spacial score (nSPS) is 10.4. The quantitative estimate of drug-likeness (QED) is 0.859. The van der Waals surface area contributed by atoms with Gasteiger partial charge in [-0.1, -0.05) is 23.7 Å². The molecular formula is C13H15ClN2. The molecule has 0 aliphatic heterocycles. The van der Waals surface area contributed by atoms with E-state index in [1.54, 1.807) is 0 Å². The second kappa shape index (κ2) is 4.62. The maximum atomic E-state index is 6.14. The third-order valence-electron chi connectivity index (χ3n) is 2.72. The van der Waals surface area contributed by atoms with Crippen molar-refractivity contribution in [3.8, 4) is 0 Å². The number of aryl methyl sites for hydroxylation is 2. The molecule has 0 saturated carbocycles. The van der Waals surface area contributed by atoms with E-state index in [1.165, 1.54) is 11.3 Å². The third-order valence-corrected chi connectivity index (χ3v) is 3.03. The highest BCUT2D eigenvalue weighted by molar-refractivity contribution is 6.33. The van der Waals surface area contributed by atoms with Gasteiger partial charge in [0.1, 0.15) is 0 Å². The molecule has 1 heterocycles. The van der Waals surface area contributed by atoms with E-state index in [9.17, 15) is 0 Å². The first kappa shape index (κ1) is 11.1. The SMILES string of the molecule is Cc1cccc(Cl)c1NCc1cccn1C. The summed E-state index contributed by atoms with van der Waals surface area (Å²) >= 11 is 6.14. The van der Waals surface area contributed by atoms with E-state index in [0.717, 1.165) is 17.3 Å². The lowest BCUT2D eigenvalue weighted by molar-refractivity contribution is 0.842. The lowest BCUT2D eigenvalue weighted by atomic mass is 10.2. The number of nitrogens with zero attached hydrogens (tertiary/aromatic N) is 1. The maximum Gasteiger partial charge on any atom is 0.0640 e. The molecule has 0 spiro atoms. The average Bonchev–Trinajstić information content (AvgIpc) is 2.64. The van der Waals surface area contributed by atoms with E-state index in [1.807, 2.05) is 31.4 Å². The Bertz CT molecular complexity index is 468. The number of hydrogen-bond acceptors (Lipinski definition) is 1. The van der Waals surface area contributed by atoms with Gasteiger partial charge in [0.15, 0.2) is 0 Å². The summed E-state index contributed by atoms with van der Waals surface area (Å²) in [5, 5.41) is 4.14. The van der Waals surface area contributed by atoms with Gasteiger partial charge in [-0.3, -0.25) is 0 Å². The summed E-state index contributed by atoms with van der Waals surface area (Å²) in [6.07, 6.45) is 2.04. The molecule has 0 unspecified atom stereocenters. The molecule has 2 rings (SSSR count). The molecule has 84 valence electrons. The van der Waals surface area contributed by atoms with Crippen molar-refractivity contribution in [2.24, 2.45) is 7.05 Å². The largest absolute Gasteiger partial charge is 0.378 e. The molecule has 1 N–H and O–H groups in total. The van der Waals surface area contributed by atoms with Crippen molar-refractivity contribution in [1.29, 1.82) is 0 Å². The average molecular weight is 235 g/mol. The van der Waals surface area contributed by atoms with Gasteiger partial charge in [-0.05, 0) is 30.7 Å². The fourth-order valence-electron chi connectivity index (χ4n) is 1.71.